The zero-order chi connectivity index (χ0) is 18.8. The fraction of sp³-hybridized carbons (Fsp3) is 0. The van der Waals surface area contributed by atoms with Gasteiger partial charge < -0.3 is 0 Å². The van der Waals surface area contributed by atoms with Gasteiger partial charge in [0.1, 0.15) is 28.6 Å². The zero-order valence-corrected chi connectivity index (χ0v) is 14.5. The van der Waals surface area contributed by atoms with Crippen molar-refractivity contribution in [1.82, 2.24) is 19.7 Å². The van der Waals surface area contributed by atoms with Crippen LogP contribution in [0.2, 0.25) is 0 Å². The summed E-state index contributed by atoms with van der Waals surface area (Å²) in [5.74, 6) is -1.52. The van der Waals surface area contributed by atoms with Gasteiger partial charge in [-0.05, 0) is 30.3 Å². The van der Waals surface area contributed by atoms with Crippen molar-refractivity contribution in [3.8, 4) is 17.1 Å². The van der Waals surface area contributed by atoms with Crippen LogP contribution in [0.5, 0.6) is 0 Å². The molecule has 6 nitrogen and oxygen atoms in total. The average molecular weight is 383 g/mol. The molecule has 0 saturated carbocycles. The summed E-state index contributed by atoms with van der Waals surface area (Å²) in [4.78, 5) is 20.7. The van der Waals surface area contributed by atoms with E-state index in [2.05, 4.69) is 20.4 Å². The number of benzene rings is 1. The number of anilines is 1. The molecular formula is C18H11F2N5OS. The molecule has 1 aromatic carbocycles. The first-order valence-electron chi connectivity index (χ1n) is 7.80. The number of thiazole rings is 1. The Morgan fingerprint density at radius 3 is 2.67 bits per heavy atom. The maximum Gasteiger partial charge on any atom is 0.276 e. The van der Waals surface area contributed by atoms with Crippen molar-refractivity contribution in [2.24, 2.45) is 0 Å². The molecule has 27 heavy (non-hydrogen) atoms. The van der Waals surface area contributed by atoms with Crippen LogP contribution < -0.4 is 5.32 Å². The van der Waals surface area contributed by atoms with Crippen LogP contribution in [0.25, 0.3) is 17.1 Å². The van der Waals surface area contributed by atoms with Crippen LogP contribution in [0.4, 0.5) is 13.9 Å². The van der Waals surface area contributed by atoms with Crippen LogP contribution in [0, 0.1) is 11.6 Å². The van der Waals surface area contributed by atoms with Crippen molar-refractivity contribution >= 4 is 22.4 Å². The molecule has 0 aliphatic carbocycles. The molecule has 0 aliphatic rings. The number of hydrogen-bond donors (Lipinski definition) is 1. The molecule has 0 saturated heterocycles. The number of hydrogen-bond acceptors (Lipinski definition) is 5. The maximum atomic E-state index is 14.0. The highest BCUT2D eigenvalue weighted by Crippen LogP contribution is 2.25. The van der Waals surface area contributed by atoms with E-state index in [4.69, 9.17) is 0 Å². The maximum absolute atomic E-state index is 14.0. The third-order valence-corrected chi connectivity index (χ3v) is 4.44. The third-order valence-electron chi connectivity index (χ3n) is 3.68. The highest BCUT2D eigenvalue weighted by Gasteiger charge is 2.18. The summed E-state index contributed by atoms with van der Waals surface area (Å²) in [6, 6.07) is 10.2. The second-order valence-electron chi connectivity index (χ2n) is 5.41. The zero-order valence-electron chi connectivity index (χ0n) is 13.6. The molecule has 3 heterocycles. The van der Waals surface area contributed by atoms with Crippen LogP contribution >= 0.6 is 11.3 Å². The normalized spacial score (nSPS) is 10.7. The Bertz CT molecular complexity index is 1120. The second-order valence-corrected chi connectivity index (χ2v) is 6.26. The summed E-state index contributed by atoms with van der Waals surface area (Å²) in [6.45, 7) is 0. The van der Waals surface area contributed by atoms with Crippen molar-refractivity contribution in [2.45, 2.75) is 0 Å². The first-order chi connectivity index (χ1) is 13.1. The highest BCUT2D eigenvalue weighted by molar-refractivity contribution is 7.14. The summed E-state index contributed by atoms with van der Waals surface area (Å²) >= 11 is 1.13. The predicted molar refractivity (Wildman–Crippen MR) is 96.8 cm³/mol. The van der Waals surface area contributed by atoms with Crippen LogP contribution in [-0.4, -0.2) is 25.7 Å². The van der Waals surface area contributed by atoms with Gasteiger partial charge in [-0.3, -0.25) is 15.1 Å². The van der Waals surface area contributed by atoms with E-state index in [0.29, 0.717) is 5.69 Å². The molecule has 4 aromatic rings. The minimum absolute atomic E-state index is 0.102. The number of amides is 1. The van der Waals surface area contributed by atoms with E-state index in [1.165, 1.54) is 47.4 Å². The van der Waals surface area contributed by atoms with E-state index in [1.54, 1.807) is 17.5 Å². The van der Waals surface area contributed by atoms with Gasteiger partial charge in [0.2, 0.25) is 0 Å². The molecule has 9 heteroatoms. The van der Waals surface area contributed by atoms with Gasteiger partial charge >= 0.3 is 0 Å². The molecule has 4 rings (SSSR count). The van der Waals surface area contributed by atoms with Gasteiger partial charge in [0.05, 0.1) is 6.20 Å². The van der Waals surface area contributed by atoms with Crippen molar-refractivity contribution in [1.29, 1.82) is 0 Å². The Hall–Kier alpha value is -3.46. The fourth-order valence-corrected chi connectivity index (χ4v) is 3.16. The Morgan fingerprint density at radius 1 is 1.04 bits per heavy atom. The van der Waals surface area contributed by atoms with Gasteiger partial charge in [0.25, 0.3) is 5.91 Å². The SMILES string of the molecule is O=C(Nc1nc(-c2ncccc2F)cs1)c1ccnn1-c1ccccc1F. The number of rotatable bonds is 4. The molecule has 0 aliphatic heterocycles. The van der Waals surface area contributed by atoms with Crippen molar-refractivity contribution < 1.29 is 13.6 Å². The lowest BCUT2D eigenvalue weighted by Crippen LogP contribution is -2.17. The van der Waals surface area contributed by atoms with Crippen LogP contribution in [0.15, 0.2) is 60.2 Å². The largest absolute Gasteiger partial charge is 0.296 e. The second kappa shape index (κ2) is 7.04. The Labute approximate surface area is 156 Å². The van der Waals surface area contributed by atoms with E-state index in [9.17, 15) is 13.6 Å². The topological polar surface area (TPSA) is 72.7 Å². The van der Waals surface area contributed by atoms with Gasteiger partial charge in [0, 0.05) is 11.6 Å². The Balaban J connectivity index is 1.59. The van der Waals surface area contributed by atoms with Crippen LogP contribution in [-0.2, 0) is 0 Å². The molecule has 0 bridgehead atoms. The fourth-order valence-electron chi connectivity index (χ4n) is 2.47. The smallest absolute Gasteiger partial charge is 0.276 e. The summed E-state index contributed by atoms with van der Waals surface area (Å²) < 4.78 is 29.0. The van der Waals surface area contributed by atoms with Crippen molar-refractivity contribution in [3.63, 3.8) is 0 Å². The summed E-state index contributed by atoms with van der Waals surface area (Å²) in [5, 5.41) is 8.49. The summed E-state index contributed by atoms with van der Waals surface area (Å²) in [6.07, 6.45) is 2.86. The monoisotopic (exact) mass is 383 g/mol. The third kappa shape index (κ3) is 3.32. The summed E-state index contributed by atoms with van der Waals surface area (Å²) in [7, 11) is 0. The summed E-state index contributed by atoms with van der Waals surface area (Å²) in [5.41, 5.74) is 0.713. The number of halogens is 2. The molecule has 0 radical (unpaired) electrons. The lowest BCUT2D eigenvalue weighted by Gasteiger charge is -2.07. The molecule has 3 aromatic heterocycles. The lowest BCUT2D eigenvalue weighted by molar-refractivity contribution is 0.101. The number of aromatic nitrogens is 4. The number of pyridine rings is 1. The van der Waals surface area contributed by atoms with E-state index in [1.807, 2.05) is 0 Å². The van der Waals surface area contributed by atoms with E-state index >= 15 is 0 Å². The first kappa shape index (κ1) is 17.0. The number of carbonyl (C=O) groups excluding carboxylic acids is 1. The van der Waals surface area contributed by atoms with E-state index < -0.39 is 17.5 Å². The van der Waals surface area contributed by atoms with Gasteiger partial charge in [-0.1, -0.05) is 12.1 Å². The standard InChI is InChI=1S/C18H11F2N5OS/c19-11-4-1-2-6-14(11)25-15(7-9-22-25)17(26)24-18-23-13(10-27-18)16-12(20)5-3-8-21-16/h1-10H,(H,23,24,26). The average Bonchev–Trinajstić information content (AvgIpc) is 3.32. The minimum atomic E-state index is -0.516. The number of carbonyl (C=O) groups is 1. The molecule has 0 atom stereocenters. The first-order valence-corrected chi connectivity index (χ1v) is 8.68. The number of nitrogens with zero attached hydrogens (tertiary/aromatic N) is 4. The van der Waals surface area contributed by atoms with E-state index in [0.717, 1.165) is 11.3 Å². The van der Waals surface area contributed by atoms with Gasteiger partial charge in [-0.2, -0.15) is 5.10 Å². The lowest BCUT2D eigenvalue weighted by atomic mass is 10.3. The Morgan fingerprint density at radius 2 is 1.85 bits per heavy atom. The molecule has 1 amide bonds. The van der Waals surface area contributed by atoms with Crippen molar-refractivity contribution in [3.05, 3.63) is 77.6 Å². The molecular weight excluding hydrogens is 372 g/mol. The minimum Gasteiger partial charge on any atom is -0.296 e. The molecule has 1 N–H and O–H groups in total. The molecule has 134 valence electrons. The van der Waals surface area contributed by atoms with E-state index in [-0.39, 0.29) is 22.2 Å². The molecule has 0 fully saturated rings. The van der Waals surface area contributed by atoms with Crippen molar-refractivity contribution in [2.75, 3.05) is 5.32 Å². The number of para-hydroxylation sites is 1. The van der Waals surface area contributed by atoms with Gasteiger partial charge in [0.15, 0.2) is 10.9 Å². The van der Waals surface area contributed by atoms with Crippen LogP contribution in [0.1, 0.15) is 10.5 Å². The number of nitrogens with one attached hydrogen (secondary N) is 1. The van der Waals surface area contributed by atoms with Crippen LogP contribution in [0.3, 0.4) is 0 Å². The quantitative estimate of drug-likeness (QED) is 0.580. The molecule has 0 unspecified atom stereocenters. The highest BCUT2D eigenvalue weighted by atomic mass is 32.1. The predicted octanol–water partition coefficient (Wildman–Crippen LogP) is 3.92. The molecule has 0 spiro atoms. The Kier molecular flexibility index (Phi) is 4.43. The van der Waals surface area contributed by atoms with Gasteiger partial charge in [-0.25, -0.2) is 18.4 Å². The van der Waals surface area contributed by atoms with Gasteiger partial charge in [-0.15, -0.1) is 11.3 Å².